The fourth-order valence-corrected chi connectivity index (χ4v) is 2.27. The summed E-state index contributed by atoms with van der Waals surface area (Å²) >= 11 is 0. The van der Waals surface area contributed by atoms with Crippen LogP contribution in [-0.2, 0) is 6.54 Å². The number of hydrogen-bond acceptors (Lipinski definition) is 0. The molecule has 0 aliphatic carbocycles. The number of halogens is 1. The second-order valence-corrected chi connectivity index (χ2v) is 5.54. The van der Waals surface area contributed by atoms with Crippen LogP contribution in [0.3, 0.4) is 0 Å². The SMILES string of the molecule is CC(C)=CCC/C(C)=C/Cn1ccc2cc(F)ccc21. The lowest BCUT2D eigenvalue weighted by atomic mass is 10.1. The quantitative estimate of drug-likeness (QED) is 0.635. The number of nitrogens with zero attached hydrogens (tertiary/aromatic N) is 1. The maximum absolute atomic E-state index is 13.1. The van der Waals surface area contributed by atoms with Gasteiger partial charge in [0, 0.05) is 23.6 Å². The molecule has 2 heteroatoms. The van der Waals surface area contributed by atoms with Crippen molar-refractivity contribution in [2.75, 3.05) is 0 Å². The lowest BCUT2D eigenvalue weighted by molar-refractivity contribution is 0.629. The van der Waals surface area contributed by atoms with Crippen LogP contribution in [0, 0.1) is 5.82 Å². The molecule has 2 rings (SSSR count). The van der Waals surface area contributed by atoms with Crippen LogP contribution in [0.15, 0.2) is 53.8 Å². The molecule has 1 nitrogen and oxygen atoms in total. The van der Waals surface area contributed by atoms with E-state index in [-0.39, 0.29) is 5.82 Å². The number of fused-ring (bicyclic) bond motifs is 1. The van der Waals surface area contributed by atoms with Crippen molar-refractivity contribution < 1.29 is 4.39 Å². The molecule has 106 valence electrons. The third kappa shape index (κ3) is 3.83. The van der Waals surface area contributed by atoms with Crippen LogP contribution in [-0.4, -0.2) is 4.57 Å². The van der Waals surface area contributed by atoms with Gasteiger partial charge in [-0.05, 0) is 57.9 Å². The van der Waals surface area contributed by atoms with Gasteiger partial charge in [-0.25, -0.2) is 4.39 Å². The van der Waals surface area contributed by atoms with E-state index >= 15 is 0 Å². The minimum Gasteiger partial charge on any atom is -0.344 e. The predicted molar refractivity (Wildman–Crippen MR) is 84.3 cm³/mol. The molecule has 0 spiro atoms. The van der Waals surface area contributed by atoms with Crippen LogP contribution >= 0.6 is 0 Å². The summed E-state index contributed by atoms with van der Waals surface area (Å²) in [4.78, 5) is 0. The molecular weight excluding hydrogens is 249 g/mol. The Balaban J connectivity index is 2.03. The van der Waals surface area contributed by atoms with Crippen molar-refractivity contribution in [2.24, 2.45) is 0 Å². The van der Waals surface area contributed by atoms with Gasteiger partial charge in [0.25, 0.3) is 0 Å². The Kier molecular flexibility index (Phi) is 4.78. The third-order valence-electron chi connectivity index (χ3n) is 3.46. The van der Waals surface area contributed by atoms with Gasteiger partial charge in [-0.15, -0.1) is 0 Å². The topological polar surface area (TPSA) is 4.93 Å². The van der Waals surface area contributed by atoms with E-state index in [0.717, 1.165) is 30.3 Å². The molecular formula is C18H22FN. The Hall–Kier alpha value is -1.83. The largest absolute Gasteiger partial charge is 0.344 e. The van der Waals surface area contributed by atoms with Gasteiger partial charge >= 0.3 is 0 Å². The molecule has 2 aromatic rings. The molecule has 0 fully saturated rings. The number of benzene rings is 1. The van der Waals surface area contributed by atoms with Crippen LogP contribution in [0.1, 0.15) is 33.6 Å². The van der Waals surface area contributed by atoms with Gasteiger partial charge in [0.05, 0.1) is 0 Å². The van der Waals surface area contributed by atoms with Crippen molar-refractivity contribution in [2.45, 2.75) is 40.2 Å². The number of hydrogen-bond donors (Lipinski definition) is 0. The summed E-state index contributed by atoms with van der Waals surface area (Å²) in [5.41, 5.74) is 3.85. The lowest BCUT2D eigenvalue weighted by Gasteiger charge is -2.04. The van der Waals surface area contributed by atoms with E-state index in [1.165, 1.54) is 17.2 Å². The van der Waals surface area contributed by atoms with Gasteiger partial charge < -0.3 is 4.57 Å². The molecule has 1 heterocycles. The lowest BCUT2D eigenvalue weighted by Crippen LogP contribution is -1.93. The Morgan fingerprint density at radius 3 is 2.70 bits per heavy atom. The van der Waals surface area contributed by atoms with E-state index in [1.807, 2.05) is 18.3 Å². The maximum atomic E-state index is 13.1. The first kappa shape index (κ1) is 14.6. The summed E-state index contributed by atoms with van der Waals surface area (Å²) in [6.45, 7) is 7.27. The average Bonchev–Trinajstić information content (AvgIpc) is 2.78. The fraction of sp³-hybridized carbons (Fsp3) is 0.333. The summed E-state index contributed by atoms with van der Waals surface area (Å²) in [7, 11) is 0. The van der Waals surface area contributed by atoms with Gasteiger partial charge in [0.1, 0.15) is 5.82 Å². The van der Waals surface area contributed by atoms with Gasteiger partial charge in [0.2, 0.25) is 0 Å². The van der Waals surface area contributed by atoms with Crippen molar-refractivity contribution in [1.82, 2.24) is 4.57 Å². The molecule has 0 saturated heterocycles. The van der Waals surface area contributed by atoms with Gasteiger partial charge in [-0.1, -0.05) is 23.3 Å². The second kappa shape index (κ2) is 6.56. The predicted octanol–water partition coefficient (Wildman–Crippen LogP) is 5.47. The van der Waals surface area contributed by atoms with Gasteiger partial charge in [0.15, 0.2) is 0 Å². The molecule has 0 aliphatic rings. The standard InChI is InChI=1S/C18H22FN/c1-14(2)5-4-6-15(3)9-11-20-12-10-16-13-17(19)7-8-18(16)20/h5,7-10,12-13H,4,6,11H2,1-3H3/b15-9+. The van der Waals surface area contributed by atoms with Crippen LogP contribution in [0.5, 0.6) is 0 Å². The minimum absolute atomic E-state index is 0.177. The van der Waals surface area contributed by atoms with Crippen molar-refractivity contribution >= 4 is 10.9 Å². The van der Waals surface area contributed by atoms with Crippen LogP contribution < -0.4 is 0 Å². The van der Waals surface area contributed by atoms with E-state index in [1.54, 1.807) is 6.07 Å². The Bertz CT molecular complexity index is 642. The summed E-state index contributed by atoms with van der Waals surface area (Å²) in [6, 6.07) is 6.91. The molecule has 0 saturated carbocycles. The Labute approximate surface area is 120 Å². The highest BCUT2D eigenvalue weighted by Crippen LogP contribution is 2.17. The zero-order valence-electron chi connectivity index (χ0n) is 12.5. The maximum Gasteiger partial charge on any atom is 0.123 e. The average molecular weight is 271 g/mol. The Morgan fingerprint density at radius 2 is 1.95 bits per heavy atom. The van der Waals surface area contributed by atoms with E-state index in [2.05, 4.69) is 37.5 Å². The third-order valence-corrected chi connectivity index (χ3v) is 3.46. The molecule has 1 aromatic carbocycles. The zero-order valence-corrected chi connectivity index (χ0v) is 12.5. The second-order valence-electron chi connectivity index (χ2n) is 5.54. The van der Waals surface area contributed by atoms with Crippen molar-refractivity contribution in [1.29, 1.82) is 0 Å². The molecule has 0 aliphatic heterocycles. The zero-order chi connectivity index (χ0) is 14.5. The van der Waals surface area contributed by atoms with Gasteiger partial charge in [-0.2, -0.15) is 0 Å². The smallest absolute Gasteiger partial charge is 0.123 e. The van der Waals surface area contributed by atoms with Gasteiger partial charge in [-0.3, -0.25) is 0 Å². The van der Waals surface area contributed by atoms with Crippen LogP contribution in [0.2, 0.25) is 0 Å². The molecule has 0 radical (unpaired) electrons. The van der Waals surface area contributed by atoms with Crippen molar-refractivity contribution in [3.63, 3.8) is 0 Å². The van der Waals surface area contributed by atoms with E-state index in [9.17, 15) is 4.39 Å². The summed E-state index contributed by atoms with van der Waals surface area (Å²) < 4.78 is 15.3. The highest BCUT2D eigenvalue weighted by molar-refractivity contribution is 5.80. The summed E-state index contributed by atoms with van der Waals surface area (Å²) in [5, 5.41) is 0.959. The highest BCUT2D eigenvalue weighted by Gasteiger charge is 2.01. The van der Waals surface area contributed by atoms with E-state index in [0.29, 0.717) is 0 Å². The number of aromatic nitrogens is 1. The highest BCUT2D eigenvalue weighted by atomic mass is 19.1. The van der Waals surface area contributed by atoms with Crippen molar-refractivity contribution in [3.05, 3.63) is 59.6 Å². The van der Waals surface area contributed by atoms with Crippen LogP contribution in [0.25, 0.3) is 10.9 Å². The molecule has 20 heavy (non-hydrogen) atoms. The first-order valence-corrected chi connectivity index (χ1v) is 7.09. The first-order valence-electron chi connectivity index (χ1n) is 7.09. The van der Waals surface area contributed by atoms with Crippen LogP contribution in [0.4, 0.5) is 4.39 Å². The van der Waals surface area contributed by atoms with E-state index < -0.39 is 0 Å². The molecule has 0 amide bonds. The van der Waals surface area contributed by atoms with E-state index in [4.69, 9.17) is 0 Å². The number of rotatable bonds is 5. The molecule has 0 bridgehead atoms. The first-order chi connectivity index (χ1) is 9.56. The van der Waals surface area contributed by atoms with Crippen molar-refractivity contribution in [3.8, 4) is 0 Å². The molecule has 0 unspecified atom stereocenters. The molecule has 0 atom stereocenters. The summed E-state index contributed by atoms with van der Waals surface area (Å²) in [5.74, 6) is -0.177. The monoisotopic (exact) mass is 271 g/mol. The normalized spacial score (nSPS) is 11.9. The summed E-state index contributed by atoms with van der Waals surface area (Å²) in [6.07, 6.45) is 8.73. The number of allylic oxidation sites excluding steroid dienone is 4. The fourth-order valence-electron chi connectivity index (χ4n) is 2.27. The Morgan fingerprint density at radius 1 is 1.15 bits per heavy atom. The molecule has 1 aromatic heterocycles. The minimum atomic E-state index is -0.177. The molecule has 0 N–H and O–H groups in total.